The van der Waals surface area contributed by atoms with E-state index in [4.69, 9.17) is 4.74 Å². The maximum atomic E-state index is 6.00. The van der Waals surface area contributed by atoms with Crippen molar-refractivity contribution in [1.29, 1.82) is 0 Å². The first-order valence-electron chi connectivity index (χ1n) is 7.20. The van der Waals surface area contributed by atoms with Crippen LogP contribution < -0.4 is 0 Å². The van der Waals surface area contributed by atoms with E-state index >= 15 is 0 Å². The zero-order valence-corrected chi connectivity index (χ0v) is 13.7. The zero-order chi connectivity index (χ0) is 14.1. The molecule has 1 fully saturated rings. The van der Waals surface area contributed by atoms with Gasteiger partial charge < -0.3 is 4.74 Å². The van der Waals surface area contributed by atoms with Crippen molar-refractivity contribution in [3.63, 3.8) is 0 Å². The monoisotopic (exact) mass is 281 g/mol. The van der Waals surface area contributed by atoms with Gasteiger partial charge in [-0.1, -0.05) is 19.9 Å². The number of morpholine rings is 1. The van der Waals surface area contributed by atoms with Gasteiger partial charge in [0.25, 0.3) is 0 Å². The Hall–Kier alpha value is -0.380. The Morgan fingerprint density at radius 1 is 1.32 bits per heavy atom. The van der Waals surface area contributed by atoms with Crippen molar-refractivity contribution in [1.82, 2.24) is 4.90 Å². The fraction of sp³-hybridized carbons (Fsp3) is 0.750. The Kier molecular flexibility index (Phi) is 4.38. The highest BCUT2D eigenvalue weighted by molar-refractivity contribution is 7.10. The average Bonchev–Trinajstić information content (AvgIpc) is 2.81. The van der Waals surface area contributed by atoms with Crippen LogP contribution in [0.5, 0.6) is 0 Å². The zero-order valence-electron chi connectivity index (χ0n) is 12.9. The molecule has 1 aromatic rings. The summed E-state index contributed by atoms with van der Waals surface area (Å²) in [6.07, 6.45) is 1.45. The largest absolute Gasteiger partial charge is 0.376 e. The molecule has 1 aliphatic heterocycles. The lowest BCUT2D eigenvalue weighted by Gasteiger charge is -2.43. The summed E-state index contributed by atoms with van der Waals surface area (Å²) in [4.78, 5) is 4.01. The summed E-state index contributed by atoms with van der Waals surface area (Å²) in [5, 5.41) is 2.17. The first-order chi connectivity index (χ1) is 8.79. The fourth-order valence-corrected chi connectivity index (χ4v) is 3.65. The van der Waals surface area contributed by atoms with Crippen molar-refractivity contribution in [2.75, 3.05) is 19.7 Å². The van der Waals surface area contributed by atoms with E-state index < -0.39 is 0 Å². The molecular formula is C16H27NOS. The van der Waals surface area contributed by atoms with Gasteiger partial charge in [-0.2, -0.15) is 0 Å². The van der Waals surface area contributed by atoms with Crippen LogP contribution in [0, 0.1) is 0 Å². The molecule has 0 saturated carbocycles. The fourth-order valence-electron chi connectivity index (χ4n) is 2.79. The van der Waals surface area contributed by atoms with E-state index in [1.54, 1.807) is 0 Å². The van der Waals surface area contributed by atoms with E-state index in [-0.39, 0.29) is 11.0 Å². The summed E-state index contributed by atoms with van der Waals surface area (Å²) in [6.45, 7) is 14.5. The molecule has 1 unspecified atom stereocenters. The second-order valence-electron chi connectivity index (χ2n) is 7.17. The highest BCUT2D eigenvalue weighted by atomic mass is 32.1. The van der Waals surface area contributed by atoms with Gasteiger partial charge in [-0.25, -0.2) is 0 Å². The topological polar surface area (TPSA) is 12.5 Å². The van der Waals surface area contributed by atoms with Crippen LogP contribution in [-0.2, 0) is 10.2 Å². The Bertz CT molecular complexity index is 391. The molecule has 1 atom stereocenters. The number of hydrogen-bond donors (Lipinski definition) is 0. The van der Waals surface area contributed by atoms with Crippen molar-refractivity contribution < 1.29 is 4.74 Å². The van der Waals surface area contributed by atoms with Gasteiger partial charge in [0, 0.05) is 28.9 Å². The molecular weight excluding hydrogens is 254 g/mol. The van der Waals surface area contributed by atoms with Crippen molar-refractivity contribution in [2.24, 2.45) is 0 Å². The Morgan fingerprint density at radius 2 is 2.05 bits per heavy atom. The highest BCUT2D eigenvalue weighted by Gasteiger charge is 2.33. The van der Waals surface area contributed by atoms with E-state index in [2.05, 4.69) is 57.0 Å². The molecule has 1 aromatic heterocycles. The molecule has 1 saturated heterocycles. The standard InChI is InChI=1S/C16H27NOS/c1-15(2,3)17-8-9-18-13(12-17)11-16(4,5)14-7-6-10-19-14/h6-7,10,13H,8-9,11-12H2,1-5H3. The first kappa shape index (κ1) is 15.0. The van der Waals surface area contributed by atoms with Crippen LogP contribution in [-0.4, -0.2) is 36.2 Å². The summed E-state index contributed by atoms with van der Waals surface area (Å²) in [5.41, 5.74) is 0.453. The van der Waals surface area contributed by atoms with Crippen molar-refractivity contribution >= 4 is 11.3 Å². The van der Waals surface area contributed by atoms with E-state index in [1.165, 1.54) is 4.88 Å². The minimum atomic E-state index is 0.208. The Morgan fingerprint density at radius 3 is 2.63 bits per heavy atom. The predicted molar refractivity (Wildman–Crippen MR) is 83.0 cm³/mol. The molecule has 2 nitrogen and oxygen atoms in total. The molecule has 0 N–H and O–H groups in total. The van der Waals surface area contributed by atoms with Crippen LogP contribution in [0.15, 0.2) is 17.5 Å². The lowest BCUT2D eigenvalue weighted by molar-refractivity contribution is -0.0670. The molecule has 0 bridgehead atoms. The van der Waals surface area contributed by atoms with Crippen LogP contribution in [0.1, 0.15) is 45.9 Å². The summed E-state index contributed by atoms with van der Waals surface area (Å²) in [7, 11) is 0. The Labute approximate surface area is 121 Å². The van der Waals surface area contributed by atoms with Gasteiger partial charge in [0.15, 0.2) is 0 Å². The average molecular weight is 281 g/mol. The van der Waals surface area contributed by atoms with E-state index in [1.807, 2.05) is 11.3 Å². The maximum Gasteiger partial charge on any atom is 0.0711 e. The van der Waals surface area contributed by atoms with Crippen LogP contribution >= 0.6 is 11.3 Å². The molecule has 0 radical (unpaired) electrons. The SMILES string of the molecule is CC(C)(CC1CN(C(C)(C)C)CCO1)c1cccs1. The summed E-state index contributed by atoms with van der Waals surface area (Å²) >= 11 is 1.86. The predicted octanol–water partition coefficient (Wildman–Crippen LogP) is 3.92. The lowest BCUT2D eigenvalue weighted by atomic mass is 9.84. The number of ether oxygens (including phenoxy) is 1. The van der Waals surface area contributed by atoms with Gasteiger partial charge in [0.1, 0.15) is 0 Å². The summed E-state index contributed by atoms with van der Waals surface area (Å²) < 4.78 is 6.00. The molecule has 0 aromatic carbocycles. The summed E-state index contributed by atoms with van der Waals surface area (Å²) in [5.74, 6) is 0. The molecule has 0 aliphatic carbocycles. The second kappa shape index (κ2) is 5.55. The number of nitrogens with zero attached hydrogens (tertiary/aromatic N) is 1. The second-order valence-corrected chi connectivity index (χ2v) is 8.12. The van der Waals surface area contributed by atoms with Gasteiger partial charge in [0.05, 0.1) is 12.7 Å². The van der Waals surface area contributed by atoms with Crippen molar-refractivity contribution in [2.45, 2.75) is 58.1 Å². The molecule has 2 rings (SSSR count). The van der Waals surface area contributed by atoms with Gasteiger partial charge in [-0.05, 0) is 38.6 Å². The van der Waals surface area contributed by atoms with Gasteiger partial charge in [-0.15, -0.1) is 11.3 Å². The van der Waals surface area contributed by atoms with Crippen molar-refractivity contribution in [3.05, 3.63) is 22.4 Å². The molecule has 3 heteroatoms. The van der Waals surface area contributed by atoms with Gasteiger partial charge in [-0.3, -0.25) is 4.90 Å². The van der Waals surface area contributed by atoms with E-state index in [0.717, 1.165) is 26.1 Å². The normalized spacial score (nSPS) is 22.7. The molecule has 0 amide bonds. The minimum absolute atomic E-state index is 0.208. The van der Waals surface area contributed by atoms with Crippen LogP contribution in [0.3, 0.4) is 0 Å². The molecule has 108 valence electrons. The number of rotatable bonds is 3. The third kappa shape index (κ3) is 3.80. The third-order valence-corrected chi connectivity index (χ3v) is 5.25. The number of hydrogen-bond acceptors (Lipinski definition) is 3. The van der Waals surface area contributed by atoms with Gasteiger partial charge >= 0.3 is 0 Å². The van der Waals surface area contributed by atoms with E-state index in [9.17, 15) is 0 Å². The third-order valence-electron chi connectivity index (χ3n) is 4.01. The smallest absolute Gasteiger partial charge is 0.0711 e. The Balaban J connectivity index is 1.99. The number of thiophene rings is 1. The molecule has 19 heavy (non-hydrogen) atoms. The van der Waals surface area contributed by atoms with Crippen molar-refractivity contribution in [3.8, 4) is 0 Å². The molecule has 0 spiro atoms. The first-order valence-corrected chi connectivity index (χ1v) is 8.08. The highest BCUT2D eigenvalue weighted by Crippen LogP contribution is 2.33. The maximum absolute atomic E-state index is 6.00. The van der Waals surface area contributed by atoms with Gasteiger partial charge in [0.2, 0.25) is 0 Å². The van der Waals surface area contributed by atoms with Crippen LogP contribution in [0.25, 0.3) is 0 Å². The minimum Gasteiger partial charge on any atom is -0.376 e. The van der Waals surface area contributed by atoms with E-state index in [0.29, 0.717) is 6.10 Å². The van der Waals surface area contributed by atoms with Crippen LogP contribution in [0.4, 0.5) is 0 Å². The van der Waals surface area contributed by atoms with Crippen LogP contribution in [0.2, 0.25) is 0 Å². The summed E-state index contributed by atoms with van der Waals surface area (Å²) in [6, 6.07) is 4.39. The quantitative estimate of drug-likeness (QED) is 0.833. The molecule has 1 aliphatic rings. The molecule has 2 heterocycles. The lowest BCUT2D eigenvalue weighted by Crippen LogP contribution is -2.52.